The largest absolute Gasteiger partial charge is 0.374 e. The maximum absolute atomic E-state index is 5.44. The van der Waals surface area contributed by atoms with E-state index in [2.05, 4.69) is 15.3 Å². The summed E-state index contributed by atoms with van der Waals surface area (Å²) in [5.41, 5.74) is 10.8. The Labute approximate surface area is 65.8 Å². The second-order valence-electron chi connectivity index (χ2n) is 1.96. The van der Waals surface area contributed by atoms with Crippen LogP contribution < -0.4 is 11.5 Å². The highest BCUT2D eigenvalue weighted by atomic mass is 32.1. The zero-order valence-corrected chi connectivity index (χ0v) is 6.38. The van der Waals surface area contributed by atoms with Gasteiger partial charge in [-0.15, -0.1) is 15.3 Å². The minimum absolute atomic E-state index is 0.324. The monoisotopic (exact) mass is 170 g/mol. The molecule has 0 radical (unpaired) electrons. The number of nitrogens with zero attached hydrogens (tertiary/aromatic N) is 4. The summed E-state index contributed by atoms with van der Waals surface area (Å²) in [6.45, 7) is 0.324. The van der Waals surface area contributed by atoms with Gasteiger partial charge in [0.05, 0.1) is 6.54 Å². The minimum Gasteiger partial charge on any atom is -0.374 e. The van der Waals surface area contributed by atoms with Gasteiger partial charge in [-0.05, 0) is 0 Å². The molecule has 0 amide bonds. The Morgan fingerprint density at radius 2 is 2.27 bits per heavy atom. The number of nitrogen functional groups attached to an aromatic ring is 1. The molecule has 0 aromatic carbocycles. The Morgan fingerprint density at radius 1 is 1.45 bits per heavy atom. The summed E-state index contributed by atoms with van der Waals surface area (Å²) >= 11 is 1.29. The summed E-state index contributed by atoms with van der Waals surface area (Å²) in [6.07, 6.45) is 0. The maximum atomic E-state index is 5.44. The van der Waals surface area contributed by atoms with Gasteiger partial charge in [-0.1, -0.05) is 11.3 Å². The maximum Gasteiger partial charge on any atom is 0.236 e. The van der Waals surface area contributed by atoms with Gasteiger partial charge >= 0.3 is 0 Å². The first-order valence-corrected chi connectivity index (χ1v) is 3.79. The molecular weight excluding hydrogens is 164 g/mol. The van der Waals surface area contributed by atoms with Crippen molar-refractivity contribution in [2.75, 3.05) is 5.73 Å². The molecular formula is C4H6N6S. The van der Waals surface area contributed by atoms with Gasteiger partial charge in [-0.2, -0.15) is 4.52 Å². The summed E-state index contributed by atoms with van der Waals surface area (Å²) in [5, 5.41) is 12.0. The molecule has 2 rings (SSSR count). The van der Waals surface area contributed by atoms with Crippen molar-refractivity contribution in [3.05, 3.63) is 5.82 Å². The van der Waals surface area contributed by atoms with Gasteiger partial charge in [0.2, 0.25) is 10.1 Å². The quantitative estimate of drug-likeness (QED) is 0.585. The van der Waals surface area contributed by atoms with Gasteiger partial charge in [0, 0.05) is 0 Å². The molecule has 6 nitrogen and oxygen atoms in total. The van der Waals surface area contributed by atoms with Crippen LogP contribution in [-0.2, 0) is 6.54 Å². The van der Waals surface area contributed by atoms with E-state index in [1.807, 2.05) is 0 Å². The SMILES string of the molecule is NCc1nnc2sc(N)nn12. The molecule has 2 aromatic heterocycles. The van der Waals surface area contributed by atoms with Gasteiger partial charge in [-0.3, -0.25) is 0 Å². The Hall–Kier alpha value is -1.21. The van der Waals surface area contributed by atoms with E-state index in [9.17, 15) is 0 Å². The van der Waals surface area contributed by atoms with Crippen LogP contribution in [0, 0.1) is 0 Å². The van der Waals surface area contributed by atoms with E-state index in [0.717, 1.165) is 0 Å². The van der Waals surface area contributed by atoms with Crippen molar-refractivity contribution in [3.8, 4) is 0 Å². The third-order valence-electron chi connectivity index (χ3n) is 1.25. The lowest BCUT2D eigenvalue weighted by molar-refractivity contribution is 0.822. The molecule has 0 fully saturated rings. The van der Waals surface area contributed by atoms with Gasteiger partial charge in [0.25, 0.3) is 0 Å². The smallest absolute Gasteiger partial charge is 0.236 e. The molecule has 0 unspecified atom stereocenters. The van der Waals surface area contributed by atoms with Crippen molar-refractivity contribution in [1.29, 1.82) is 0 Å². The highest BCUT2D eigenvalue weighted by molar-refractivity contribution is 7.20. The molecule has 0 aliphatic heterocycles. The third kappa shape index (κ3) is 0.854. The van der Waals surface area contributed by atoms with Crippen LogP contribution in [0.25, 0.3) is 4.96 Å². The van der Waals surface area contributed by atoms with E-state index >= 15 is 0 Å². The van der Waals surface area contributed by atoms with Crippen molar-refractivity contribution in [2.24, 2.45) is 5.73 Å². The van der Waals surface area contributed by atoms with Gasteiger partial charge in [0.15, 0.2) is 5.82 Å². The number of hydrogen-bond acceptors (Lipinski definition) is 6. The lowest BCUT2D eigenvalue weighted by Crippen LogP contribution is -2.03. The van der Waals surface area contributed by atoms with Crippen LogP contribution in [0.5, 0.6) is 0 Å². The molecule has 2 heterocycles. The summed E-state index contributed by atoms with van der Waals surface area (Å²) < 4.78 is 1.56. The van der Waals surface area contributed by atoms with E-state index in [1.165, 1.54) is 11.3 Å². The van der Waals surface area contributed by atoms with Crippen LogP contribution in [0.1, 0.15) is 5.82 Å². The van der Waals surface area contributed by atoms with Crippen molar-refractivity contribution in [1.82, 2.24) is 19.8 Å². The second-order valence-corrected chi connectivity index (χ2v) is 2.94. The van der Waals surface area contributed by atoms with Crippen LogP contribution in [0.15, 0.2) is 0 Å². The summed E-state index contributed by atoms with van der Waals surface area (Å²) in [7, 11) is 0. The number of fused-ring (bicyclic) bond motifs is 1. The number of hydrogen-bond donors (Lipinski definition) is 2. The molecule has 11 heavy (non-hydrogen) atoms. The number of rotatable bonds is 1. The Morgan fingerprint density at radius 3 is 3.00 bits per heavy atom. The van der Waals surface area contributed by atoms with Crippen LogP contribution >= 0.6 is 11.3 Å². The molecule has 2 aromatic rings. The molecule has 0 spiro atoms. The average molecular weight is 170 g/mol. The second kappa shape index (κ2) is 2.14. The highest BCUT2D eigenvalue weighted by Gasteiger charge is 2.07. The van der Waals surface area contributed by atoms with Gasteiger partial charge in [0.1, 0.15) is 0 Å². The van der Waals surface area contributed by atoms with Crippen LogP contribution in [0.4, 0.5) is 5.13 Å². The normalized spacial score (nSPS) is 11.0. The molecule has 0 aliphatic carbocycles. The first-order chi connectivity index (χ1) is 5.31. The van der Waals surface area contributed by atoms with E-state index in [1.54, 1.807) is 4.52 Å². The van der Waals surface area contributed by atoms with Crippen LogP contribution in [0.2, 0.25) is 0 Å². The Kier molecular flexibility index (Phi) is 1.26. The molecule has 0 atom stereocenters. The molecule has 0 aliphatic rings. The molecule has 58 valence electrons. The summed E-state index contributed by atoms with van der Waals surface area (Å²) in [6, 6.07) is 0. The van der Waals surface area contributed by atoms with Crippen molar-refractivity contribution < 1.29 is 0 Å². The van der Waals surface area contributed by atoms with E-state index in [-0.39, 0.29) is 0 Å². The molecule has 0 saturated heterocycles. The topological polar surface area (TPSA) is 95.1 Å². The van der Waals surface area contributed by atoms with Gasteiger partial charge in [-0.25, -0.2) is 0 Å². The van der Waals surface area contributed by atoms with E-state index in [0.29, 0.717) is 22.5 Å². The van der Waals surface area contributed by atoms with Crippen molar-refractivity contribution in [2.45, 2.75) is 6.54 Å². The van der Waals surface area contributed by atoms with Gasteiger partial charge < -0.3 is 11.5 Å². The Balaban J connectivity index is 2.73. The highest BCUT2D eigenvalue weighted by Crippen LogP contribution is 2.14. The molecule has 0 bridgehead atoms. The predicted molar refractivity (Wildman–Crippen MR) is 41.0 cm³/mol. The Bertz CT molecular complexity index is 375. The minimum atomic E-state index is 0.324. The number of aromatic nitrogens is 4. The number of nitrogens with two attached hydrogens (primary N) is 2. The molecule has 7 heteroatoms. The zero-order chi connectivity index (χ0) is 7.84. The fraction of sp³-hybridized carbons (Fsp3) is 0.250. The predicted octanol–water partition coefficient (Wildman–Crippen LogP) is -0.773. The number of anilines is 1. The molecule has 0 saturated carbocycles. The fourth-order valence-corrected chi connectivity index (χ4v) is 1.42. The third-order valence-corrected chi connectivity index (χ3v) is 1.98. The lowest BCUT2D eigenvalue weighted by Gasteiger charge is -1.85. The first kappa shape index (κ1) is 6.50. The molecule has 4 N–H and O–H groups in total. The standard InChI is InChI=1S/C4H6N6S/c5-1-2-7-8-4-10(2)9-3(6)11-4/h1,5H2,(H2,6,9). The van der Waals surface area contributed by atoms with E-state index < -0.39 is 0 Å². The van der Waals surface area contributed by atoms with Crippen LogP contribution in [0.3, 0.4) is 0 Å². The van der Waals surface area contributed by atoms with E-state index in [4.69, 9.17) is 11.5 Å². The van der Waals surface area contributed by atoms with Crippen molar-refractivity contribution >= 4 is 21.4 Å². The fourth-order valence-electron chi connectivity index (χ4n) is 0.800. The first-order valence-electron chi connectivity index (χ1n) is 2.98. The summed E-state index contributed by atoms with van der Waals surface area (Å²) in [5.74, 6) is 0.632. The van der Waals surface area contributed by atoms with Crippen LogP contribution in [-0.4, -0.2) is 19.8 Å². The summed E-state index contributed by atoms with van der Waals surface area (Å²) in [4.78, 5) is 0.683. The lowest BCUT2D eigenvalue weighted by atomic mass is 10.6. The van der Waals surface area contributed by atoms with Crippen molar-refractivity contribution in [3.63, 3.8) is 0 Å². The zero-order valence-electron chi connectivity index (χ0n) is 5.56. The average Bonchev–Trinajstić information content (AvgIpc) is 2.45.